The Morgan fingerprint density at radius 2 is 2.03 bits per heavy atom. The number of tetrazole rings is 1. The Hall–Kier alpha value is -3.56. The van der Waals surface area contributed by atoms with Crippen LogP contribution in [0.1, 0.15) is 47.5 Å². The number of fused-ring (bicyclic) bond motifs is 1. The molecule has 5 rings (SSSR count). The summed E-state index contributed by atoms with van der Waals surface area (Å²) in [5, 5.41) is 15.8. The van der Waals surface area contributed by atoms with Crippen LogP contribution >= 0.6 is 11.3 Å². The molecule has 0 saturated heterocycles. The average molecular weight is 489 g/mol. The van der Waals surface area contributed by atoms with Crippen molar-refractivity contribution < 1.29 is 4.42 Å². The number of hydrogen-bond donors (Lipinski definition) is 1. The number of nitrogens with one attached hydrogen (secondary N) is 1. The Morgan fingerprint density at radius 3 is 2.77 bits per heavy atom. The lowest BCUT2D eigenvalue weighted by Crippen LogP contribution is -2.35. The van der Waals surface area contributed by atoms with Crippen molar-refractivity contribution in [2.24, 2.45) is 5.92 Å². The Kier molecular flexibility index (Phi) is 6.61. The summed E-state index contributed by atoms with van der Waals surface area (Å²) < 4.78 is 7.33. The van der Waals surface area contributed by atoms with Gasteiger partial charge in [0, 0.05) is 23.5 Å². The molecule has 0 aliphatic rings. The van der Waals surface area contributed by atoms with Gasteiger partial charge in [-0.3, -0.25) is 9.69 Å². The van der Waals surface area contributed by atoms with Gasteiger partial charge in [-0.2, -0.15) is 0 Å². The van der Waals surface area contributed by atoms with Crippen LogP contribution in [-0.4, -0.2) is 30.1 Å². The fourth-order valence-corrected chi connectivity index (χ4v) is 5.32. The number of H-pyrrole nitrogens is 1. The van der Waals surface area contributed by atoms with Gasteiger partial charge < -0.3 is 9.40 Å². The van der Waals surface area contributed by atoms with E-state index in [9.17, 15) is 4.79 Å². The number of hydrogen-bond acceptors (Lipinski definition) is 7. The molecule has 0 aliphatic heterocycles. The first-order valence-electron chi connectivity index (χ1n) is 11.7. The second kappa shape index (κ2) is 9.97. The maximum absolute atomic E-state index is 13.1. The van der Waals surface area contributed by atoms with Crippen LogP contribution in [0.3, 0.4) is 0 Å². The molecule has 1 atom stereocenters. The SMILES string of the molecule is Cc1cccc2cc(CN(Cc3cccs3)[C@H](c3nnnn3Cc3ccco3)C(C)C)c(=O)[nH]c12. The van der Waals surface area contributed by atoms with Gasteiger partial charge in [0.05, 0.1) is 17.8 Å². The summed E-state index contributed by atoms with van der Waals surface area (Å²) in [6, 6.07) is 15.9. The molecular formula is C26H28N6O2S. The molecule has 0 spiro atoms. The second-order valence-corrected chi connectivity index (χ2v) is 10.1. The Morgan fingerprint density at radius 1 is 1.14 bits per heavy atom. The average Bonchev–Trinajstić information content (AvgIpc) is 3.60. The highest BCUT2D eigenvalue weighted by molar-refractivity contribution is 7.09. The van der Waals surface area contributed by atoms with Crippen LogP contribution in [0.5, 0.6) is 0 Å². The van der Waals surface area contributed by atoms with E-state index in [1.165, 1.54) is 4.88 Å². The summed E-state index contributed by atoms with van der Waals surface area (Å²) in [4.78, 5) is 19.8. The Bertz CT molecular complexity index is 1450. The number of para-hydroxylation sites is 1. The van der Waals surface area contributed by atoms with Crippen LogP contribution in [0.15, 0.2) is 69.4 Å². The minimum atomic E-state index is -0.116. The quantitative estimate of drug-likeness (QED) is 0.316. The smallest absolute Gasteiger partial charge is 0.252 e. The van der Waals surface area contributed by atoms with Crippen LogP contribution in [0.4, 0.5) is 0 Å². The molecule has 35 heavy (non-hydrogen) atoms. The van der Waals surface area contributed by atoms with Gasteiger partial charge in [-0.1, -0.05) is 38.1 Å². The van der Waals surface area contributed by atoms with Crippen molar-refractivity contribution in [2.75, 3.05) is 0 Å². The lowest BCUT2D eigenvalue weighted by Gasteiger charge is -2.33. The fraction of sp³-hybridized carbons (Fsp3) is 0.308. The third kappa shape index (κ3) is 4.96. The van der Waals surface area contributed by atoms with Gasteiger partial charge >= 0.3 is 0 Å². The van der Waals surface area contributed by atoms with E-state index < -0.39 is 0 Å². The molecule has 0 radical (unpaired) electrons. The number of aromatic nitrogens is 5. The normalized spacial score (nSPS) is 12.7. The van der Waals surface area contributed by atoms with Crippen molar-refractivity contribution in [1.82, 2.24) is 30.1 Å². The van der Waals surface area contributed by atoms with Gasteiger partial charge in [-0.05, 0) is 63.9 Å². The third-order valence-electron chi connectivity index (χ3n) is 6.21. The summed E-state index contributed by atoms with van der Waals surface area (Å²) in [5.41, 5.74) is 2.59. The minimum absolute atomic E-state index is 0.0688. The van der Waals surface area contributed by atoms with E-state index in [1.807, 2.05) is 43.3 Å². The van der Waals surface area contributed by atoms with Crippen LogP contribution in [0.2, 0.25) is 0 Å². The first kappa shape index (κ1) is 23.2. The molecule has 0 unspecified atom stereocenters. The van der Waals surface area contributed by atoms with Crippen molar-refractivity contribution in [2.45, 2.75) is 46.4 Å². The summed E-state index contributed by atoms with van der Waals surface area (Å²) in [6.07, 6.45) is 1.65. The molecular weight excluding hydrogens is 460 g/mol. The number of pyridine rings is 1. The van der Waals surface area contributed by atoms with Gasteiger partial charge in [0.25, 0.3) is 5.56 Å². The Balaban J connectivity index is 1.54. The molecule has 0 saturated carbocycles. The van der Waals surface area contributed by atoms with Crippen molar-refractivity contribution in [3.63, 3.8) is 0 Å². The summed E-state index contributed by atoms with van der Waals surface area (Å²) >= 11 is 1.70. The molecule has 0 aliphatic carbocycles. The predicted octanol–water partition coefficient (Wildman–Crippen LogP) is 4.93. The van der Waals surface area contributed by atoms with Crippen molar-refractivity contribution >= 4 is 22.2 Å². The standard InChI is InChI=1S/C26H28N6O2S/c1-17(2)24(25-28-29-30-32(25)15-21-9-5-11-34-21)31(16-22-10-6-12-35-22)14-20-13-19-8-4-7-18(3)23(19)27-26(20)33/h4-13,17,24H,14-16H2,1-3H3,(H,27,33)/t24-/m0/s1. The number of aryl methyl sites for hydroxylation is 1. The van der Waals surface area contributed by atoms with Crippen molar-refractivity contribution in [1.29, 1.82) is 0 Å². The molecule has 0 bridgehead atoms. The van der Waals surface area contributed by atoms with Crippen LogP contribution in [-0.2, 0) is 19.6 Å². The van der Waals surface area contributed by atoms with E-state index in [0.29, 0.717) is 19.6 Å². The number of benzene rings is 1. The zero-order chi connectivity index (χ0) is 24.4. The van der Waals surface area contributed by atoms with E-state index in [0.717, 1.165) is 33.6 Å². The molecule has 4 aromatic heterocycles. The lowest BCUT2D eigenvalue weighted by molar-refractivity contribution is 0.127. The number of rotatable bonds is 9. The number of aromatic amines is 1. The van der Waals surface area contributed by atoms with Gasteiger partial charge in [0.2, 0.25) is 0 Å². The zero-order valence-electron chi connectivity index (χ0n) is 20.0. The van der Waals surface area contributed by atoms with Gasteiger partial charge in [0.15, 0.2) is 5.82 Å². The van der Waals surface area contributed by atoms with Gasteiger partial charge in [-0.25, -0.2) is 4.68 Å². The summed E-state index contributed by atoms with van der Waals surface area (Å²) in [5.74, 6) is 1.73. The summed E-state index contributed by atoms with van der Waals surface area (Å²) in [6.45, 7) is 7.92. The van der Waals surface area contributed by atoms with Gasteiger partial charge in [-0.15, -0.1) is 16.4 Å². The topological polar surface area (TPSA) is 92.8 Å². The van der Waals surface area contributed by atoms with E-state index >= 15 is 0 Å². The second-order valence-electron chi connectivity index (χ2n) is 9.11. The molecule has 5 aromatic rings. The van der Waals surface area contributed by atoms with E-state index in [4.69, 9.17) is 4.42 Å². The van der Waals surface area contributed by atoms with E-state index in [2.05, 4.69) is 56.8 Å². The largest absolute Gasteiger partial charge is 0.467 e. The fourth-order valence-electron chi connectivity index (χ4n) is 4.59. The highest BCUT2D eigenvalue weighted by Gasteiger charge is 2.30. The minimum Gasteiger partial charge on any atom is -0.467 e. The van der Waals surface area contributed by atoms with E-state index in [1.54, 1.807) is 22.3 Å². The van der Waals surface area contributed by atoms with E-state index in [-0.39, 0.29) is 17.5 Å². The molecule has 1 N–H and O–H groups in total. The highest BCUT2D eigenvalue weighted by atomic mass is 32.1. The predicted molar refractivity (Wildman–Crippen MR) is 136 cm³/mol. The molecule has 0 fully saturated rings. The monoisotopic (exact) mass is 488 g/mol. The van der Waals surface area contributed by atoms with Gasteiger partial charge in [0.1, 0.15) is 12.3 Å². The summed E-state index contributed by atoms with van der Waals surface area (Å²) in [7, 11) is 0. The van der Waals surface area contributed by atoms with Crippen molar-refractivity contribution in [3.8, 4) is 0 Å². The maximum atomic E-state index is 13.1. The third-order valence-corrected chi connectivity index (χ3v) is 7.07. The van der Waals surface area contributed by atoms with Crippen LogP contribution in [0.25, 0.3) is 10.9 Å². The van der Waals surface area contributed by atoms with Crippen molar-refractivity contribution in [3.05, 3.63) is 98.1 Å². The molecule has 180 valence electrons. The number of nitrogens with zero attached hydrogens (tertiary/aromatic N) is 5. The Labute approximate surface area is 207 Å². The highest BCUT2D eigenvalue weighted by Crippen LogP contribution is 2.31. The number of furan rings is 1. The first-order valence-corrected chi connectivity index (χ1v) is 12.5. The molecule has 4 heterocycles. The number of thiophene rings is 1. The first-order chi connectivity index (χ1) is 17.0. The molecule has 1 aromatic carbocycles. The molecule has 8 nitrogen and oxygen atoms in total. The van der Waals surface area contributed by atoms with Crippen LogP contribution < -0.4 is 5.56 Å². The maximum Gasteiger partial charge on any atom is 0.252 e. The van der Waals surface area contributed by atoms with Crippen LogP contribution in [0, 0.1) is 12.8 Å². The lowest BCUT2D eigenvalue weighted by atomic mass is 10.00. The molecule has 9 heteroatoms. The zero-order valence-corrected chi connectivity index (χ0v) is 20.8. The molecule has 0 amide bonds.